The first-order valence-corrected chi connectivity index (χ1v) is 4.70. The summed E-state index contributed by atoms with van der Waals surface area (Å²) >= 11 is 0. The highest BCUT2D eigenvalue weighted by molar-refractivity contribution is 5.63. The summed E-state index contributed by atoms with van der Waals surface area (Å²) in [4.78, 5) is 4.55. The number of rotatable bonds is 0. The molecule has 0 unspecified atom stereocenters. The Kier molecular flexibility index (Phi) is 1.95. The third kappa shape index (κ3) is 1.45. The predicted molar refractivity (Wildman–Crippen MR) is 46.9 cm³/mol. The second-order valence-corrected chi connectivity index (χ2v) is 3.64. The van der Waals surface area contributed by atoms with Crippen molar-refractivity contribution in [3.8, 4) is 0 Å². The molecule has 1 aliphatic carbocycles. The first-order valence-electron chi connectivity index (χ1n) is 4.70. The lowest BCUT2D eigenvalue weighted by Gasteiger charge is -2.24. The summed E-state index contributed by atoms with van der Waals surface area (Å²) in [5.74, 6) is 0. The SMILES string of the molecule is C1=NC2(CCCCCC2)NC1. The van der Waals surface area contributed by atoms with Crippen molar-refractivity contribution >= 4 is 6.21 Å². The zero-order chi connectivity index (χ0) is 7.57. The average Bonchev–Trinajstić information content (AvgIpc) is 2.32. The van der Waals surface area contributed by atoms with Crippen LogP contribution in [0.15, 0.2) is 4.99 Å². The molecule has 1 heterocycles. The van der Waals surface area contributed by atoms with E-state index in [4.69, 9.17) is 0 Å². The molecule has 0 saturated heterocycles. The highest BCUT2D eigenvalue weighted by Gasteiger charge is 2.30. The van der Waals surface area contributed by atoms with Crippen molar-refractivity contribution in [1.29, 1.82) is 0 Å². The van der Waals surface area contributed by atoms with Crippen LogP contribution in [0.5, 0.6) is 0 Å². The standard InChI is InChI=1S/C9H16N2/c1-2-4-6-9(5-3-1)10-7-8-11-9/h7,11H,1-6,8H2. The highest BCUT2D eigenvalue weighted by Crippen LogP contribution is 2.29. The lowest BCUT2D eigenvalue weighted by atomic mass is 10.0. The zero-order valence-electron chi connectivity index (χ0n) is 6.97. The maximum Gasteiger partial charge on any atom is 0.110 e. The number of hydrogen-bond acceptors (Lipinski definition) is 2. The molecule has 2 rings (SSSR count). The molecule has 2 aliphatic rings. The van der Waals surface area contributed by atoms with Gasteiger partial charge in [-0.2, -0.15) is 0 Å². The summed E-state index contributed by atoms with van der Waals surface area (Å²) in [6.07, 6.45) is 10.0. The normalized spacial score (nSPS) is 29.1. The van der Waals surface area contributed by atoms with Gasteiger partial charge in [0.25, 0.3) is 0 Å². The Morgan fingerprint density at radius 1 is 1.09 bits per heavy atom. The van der Waals surface area contributed by atoms with E-state index in [0.29, 0.717) is 0 Å². The number of hydrogen-bond donors (Lipinski definition) is 1. The van der Waals surface area contributed by atoms with Gasteiger partial charge in [-0.05, 0) is 25.7 Å². The van der Waals surface area contributed by atoms with Crippen molar-refractivity contribution in [3.63, 3.8) is 0 Å². The molecule has 0 bridgehead atoms. The van der Waals surface area contributed by atoms with E-state index in [1.54, 1.807) is 0 Å². The molecular formula is C9H16N2. The third-order valence-electron chi connectivity index (χ3n) is 2.79. The van der Waals surface area contributed by atoms with Crippen molar-refractivity contribution in [2.24, 2.45) is 4.99 Å². The van der Waals surface area contributed by atoms with Crippen molar-refractivity contribution in [2.75, 3.05) is 6.54 Å². The van der Waals surface area contributed by atoms with E-state index < -0.39 is 0 Å². The van der Waals surface area contributed by atoms with Crippen LogP contribution in [0.3, 0.4) is 0 Å². The van der Waals surface area contributed by atoms with Crippen LogP contribution >= 0.6 is 0 Å². The molecule has 1 N–H and O–H groups in total. The molecule has 0 aromatic carbocycles. The lowest BCUT2D eigenvalue weighted by Crippen LogP contribution is -2.38. The molecule has 11 heavy (non-hydrogen) atoms. The fourth-order valence-corrected chi connectivity index (χ4v) is 2.12. The zero-order valence-corrected chi connectivity index (χ0v) is 6.97. The van der Waals surface area contributed by atoms with E-state index in [9.17, 15) is 0 Å². The van der Waals surface area contributed by atoms with Gasteiger partial charge in [0.1, 0.15) is 5.66 Å². The van der Waals surface area contributed by atoms with Gasteiger partial charge in [-0.25, -0.2) is 0 Å². The summed E-state index contributed by atoms with van der Waals surface area (Å²) in [7, 11) is 0. The minimum absolute atomic E-state index is 0.177. The summed E-state index contributed by atoms with van der Waals surface area (Å²) in [6, 6.07) is 0. The average molecular weight is 152 g/mol. The van der Waals surface area contributed by atoms with E-state index in [1.165, 1.54) is 38.5 Å². The quantitative estimate of drug-likeness (QED) is 0.561. The molecule has 1 fully saturated rings. The highest BCUT2D eigenvalue weighted by atomic mass is 15.2. The van der Waals surface area contributed by atoms with Crippen molar-refractivity contribution < 1.29 is 0 Å². The van der Waals surface area contributed by atoms with Crippen LogP contribution in [0.4, 0.5) is 0 Å². The molecule has 1 saturated carbocycles. The van der Waals surface area contributed by atoms with Gasteiger partial charge in [0.05, 0.1) is 0 Å². The van der Waals surface area contributed by atoms with Gasteiger partial charge in [-0.1, -0.05) is 12.8 Å². The number of nitrogens with one attached hydrogen (secondary N) is 1. The summed E-state index contributed by atoms with van der Waals surface area (Å²) in [6.45, 7) is 0.986. The third-order valence-corrected chi connectivity index (χ3v) is 2.79. The molecule has 0 radical (unpaired) electrons. The first-order chi connectivity index (χ1) is 5.41. The Morgan fingerprint density at radius 2 is 1.82 bits per heavy atom. The lowest BCUT2D eigenvalue weighted by molar-refractivity contribution is 0.332. The Balaban J connectivity index is 2.03. The molecule has 0 atom stereocenters. The molecule has 1 aliphatic heterocycles. The van der Waals surface area contributed by atoms with E-state index in [2.05, 4.69) is 10.3 Å². The fourth-order valence-electron chi connectivity index (χ4n) is 2.12. The van der Waals surface area contributed by atoms with E-state index in [-0.39, 0.29) is 5.66 Å². The molecule has 0 aromatic rings. The van der Waals surface area contributed by atoms with E-state index >= 15 is 0 Å². The van der Waals surface area contributed by atoms with Crippen molar-refractivity contribution in [2.45, 2.75) is 44.2 Å². The van der Waals surface area contributed by atoms with Gasteiger partial charge in [0.15, 0.2) is 0 Å². The van der Waals surface area contributed by atoms with Gasteiger partial charge in [-0.3, -0.25) is 10.3 Å². The van der Waals surface area contributed by atoms with Crippen molar-refractivity contribution in [3.05, 3.63) is 0 Å². The molecule has 0 amide bonds. The minimum Gasteiger partial charge on any atom is -0.288 e. The second-order valence-electron chi connectivity index (χ2n) is 3.64. The summed E-state index contributed by atoms with van der Waals surface area (Å²) in [5, 5.41) is 3.49. The molecule has 62 valence electrons. The minimum atomic E-state index is 0.177. The van der Waals surface area contributed by atoms with Crippen LogP contribution in [-0.4, -0.2) is 18.4 Å². The van der Waals surface area contributed by atoms with Crippen LogP contribution in [-0.2, 0) is 0 Å². The topological polar surface area (TPSA) is 24.4 Å². The Labute approximate surface area is 68.1 Å². The Bertz CT molecular complexity index is 155. The fraction of sp³-hybridized carbons (Fsp3) is 0.889. The molecule has 0 aromatic heterocycles. The second kappa shape index (κ2) is 2.94. The maximum atomic E-state index is 4.55. The summed E-state index contributed by atoms with van der Waals surface area (Å²) < 4.78 is 0. The maximum absolute atomic E-state index is 4.55. The number of nitrogens with zero attached hydrogens (tertiary/aromatic N) is 1. The van der Waals surface area contributed by atoms with Crippen molar-refractivity contribution in [1.82, 2.24) is 5.32 Å². The van der Waals surface area contributed by atoms with Crippen LogP contribution in [0.2, 0.25) is 0 Å². The van der Waals surface area contributed by atoms with E-state index in [1.807, 2.05) is 6.21 Å². The largest absolute Gasteiger partial charge is 0.288 e. The Hall–Kier alpha value is -0.370. The van der Waals surface area contributed by atoms with Crippen LogP contribution in [0.25, 0.3) is 0 Å². The monoisotopic (exact) mass is 152 g/mol. The molecule has 2 nitrogen and oxygen atoms in total. The Morgan fingerprint density at radius 3 is 2.36 bits per heavy atom. The summed E-state index contributed by atoms with van der Waals surface area (Å²) in [5.41, 5.74) is 0.177. The van der Waals surface area contributed by atoms with Gasteiger partial charge < -0.3 is 0 Å². The predicted octanol–water partition coefficient (Wildman–Crippen LogP) is 1.71. The van der Waals surface area contributed by atoms with Gasteiger partial charge in [0.2, 0.25) is 0 Å². The van der Waals surface area contributed by atoms with Crippen LogP contribution < -0.4 is 5.32 Å². The smallest absolute Gasteiger partial charge is 0.110 e. The van der Waals surface area contributed by atoms with Crippen LogP contribution in [0.1, 0.15) is 38.5 Å². The molecule has 1 spiro atoms. The van der Waals surface area contributed by atoms with Crippen LogP contribution in [0, 0.1) is 0 Å². The molecular weight excluding hydrogens is 136 g/mol. The number of aliphatic imine (C=N–C) groups is 1. The van der Waals surface area contributed by atoms with E-state index in [0.717, 1.165) is 6.54 Å². The van der Waals surface area contributed by atoms with Gasteiger partial charge >= 0.3 is 0 Å². The first kappa shape index (κ1) is 7.29. The van der Waals surface area contributed by atoms with Gasteiger partial charge in [0, 0.05) is 12.8 Å². The molecule has 2 heteroatoms. The van der Waals surface area contributed by atoms with Gasteiger partial charge in [-0.15, -0.1) is 0 Å².